The van der Waals surface area contributed by atoms with E-state index in [4.69, 9.17) is 0 Å². The van der Waals surface area contributed by atoms with Crippen molar-refractivity contribution < 1.29 is 17.6 Å². The van der Waals surface area contributed by atoms with Gasteiger partial charge in [0.15, 0.2) is 23.3 Å². The molecule has 2 nitrogen and oxygen atoms in total. The Kier molecular flexibility index (Phi) is 4.39. The highest BCUT2D eigenvalue weighted by atomic mass is 79.9. The van der Waals surface area contributed by atoms with Gasteiger partial charge in [0.2, 0.25) is 0 Å². The predicted molar refractivity (Wildman–Crippen MR) is 71.6 cm³/mol. The number of hydrogen-bond acceptors (Lipinski definition) is 2. The molecule has 0 aromatic heterocycles. The van der Waals surface area contributed by atoms with Crippen LogP contribution < -0.4 is 5.43 Å². The van der Waals surface area contributed by atoms with Crippen LogP contribution in [0.25, 0.3) is 0 Å². The minimum atomic E-state index is -1.53. The molecule has 0 aliphatic heterocycles. The fourth-order valence-corrected chi connectivity index (χ4v) is 1.85. The lowest BCUT2D eigenvalue weighted by molar-refractivity contribution is 0.458. The zero-order valence-electron chi connectivity index (χ0n) is 9.80. The maximum absolute atomic E-state index is 13.3. The molecule has 1 N–H and O–H groups in total. The molecule has 0 atom stereocenters. The largest absolute Gasteiger partial charge is 0.272 e. The number of nitrogens with zero attached hydrogens (tertiary/aromatic N) is 1. The molecule has 0 radical (unpaired) electrons. The summed E-state index contributed by atoms with van der Waals surface area (Å²) in [5.41, 5.74) is 1.61. The first-order valence-electron chi connectivity index (χ1n) is 5.36. The maximum atomic E-state index is 13.3. The van der Waals surface area contributed by atoms with Gasteiger partial charge in [-0.25, -0.2) is 17.6 Å². The van der Waals surface area contributed by atoms with E-state index < -0.39 is 29.0 Å². The number of halogens is 5. The van der Waals surface area contributed by atoms with Crippen molar-refractivity contribution in [2.24, 2.45) is 5.10 Å². The average molecular weight is 347 g/mol. The molecular formula is C13H7BrF4N2. The van der Waals surface area contributed by atoms with Gasteiger partial charge in [0.1, 0.15) is 5.69 Å². The molecule has 0 amide bonds. The van der Waals surface area contributed by atoms with E-state index in [-0.39, 0.29) is 6.07 Å². The molecule has 7 heteroatoms. The fourth-order valence-electron chi connectivity index (χ4n) is 1.43. The lowest BCUT2D eigenvalue weighted by Gasteiger charge is -2.05. The summed E-state index contributed by atoms with van der Waals surface area (Å²) in [6.07, 6.45) is 1.26. The topological polar surface area (TPSA) is 24.4 Å². The molecule has 0 fully saturated rings. The first-order chi connectivity index (χ1) is 9.49. The Balaban J connectivity index is 2.23. The van der Waals surface area contributed by atoms with Crippen LogP contribution in [0.3, 0.4) is 0 Å². The van der Waals surface area contributed by atoms with Crippen molar-refractivity contribution in [1.82, 2.24) is 0 Å². The number of hydrogen-bond donors (Lipinski definition) is 1. The molecular weight excluding hydrogens is 340 g/mol. The fraction of sp³-hybridized carbons (Fsp3) is 0. The van der Waals surface area contributed by atoms with Crippen molar-refractivity contribution in [2.75, 3.05) is 5.43 Å². The second-order valence-electron chi connectivity index (χ2n) is 3.77. The van der Waals surface area contributed by atoms with E-state index in [1.54, 1.807) is 24.3 Å². The van der Waals surface area contributed by atoms with Gasteiger partial charge < -0.3 is 0 Å². The van der Waals surface area contributed by atoms with Crippen molar-refractivity contribution in [3.8, 4) is 0 Å². The first kappa shape index (κ1) is 14.5. The highest BCUT2D eigenvalue weighted by Crippen LogP contribution is 2.24. The van der Waals surface area contributed by atoms with E-state index in [0.717, 1.165) is 4.47 Å². The monoisotopic (exact) mass is 346 g/mol. The molecule has 0 saturated heterocycles. The normalized spacial score (nSPS) is 11.1. The van der Waals surface area contributed by atoms with Gasteiger partial charge in [-0.15, -0.1) is 0 Å². The van der Waals surface area contributed by atoms with Crippen molar-refractivity contribution in [3.05, 3.63) is 63.6 Å². The van der Waals surface area contributed by atoms with Crippen LogP contribution in [0.4, 0.5) is 23.2 Å². The Morgan fingerprint density at radius 3 is 2.25 bits per heavy atom. The highest BCUT2D eigenvalue weighted by molar-refractivity contribution is 9.10. The molecule has 0 aliphatic rings. The Morgan fingerprint density at radius 2 is 1.65 bits per heavy atom. The molecule has 2 aromatic rings. The van der Waals surface area contributed by atoms with E-state index in [1.165, 1.54) is 6.21 Å². The summed E-state index contributed by atoms with van der Waals surface area (Å²) >= 11 is 3.24. The predicted octanol–water partition coefficient (Wildman–Crippen LogP) is 4.45. The van der Waals surface area contributed by atoms with Crippen LogP contribution in [0.2, 0.25) is 0 Å². The first-order valence-corrected chi connectivity index (χ1v) is 6.16. The Morgan fingerprint density at radius 1 is 1.00 bits per heavy atom. The van der Waals surface area contributed by atoms with Gasteiger partial charge in [0.25, 0.3) is 0 Å². The molecule has 20 heavy (non-hydrogen) atoms. The number of nitrogens with one attached hydrogen (secondary N) is 1. The van der Waals surface area contributed by atoms with Crippen molar-refractivity contribution in [2.45, 2.75) is 0 Å². The van der Waals surface area contributed by atoms with Gasteiger partial charge in [-0.2, -0.15) is 5.10 Å². The molecule has 0 bridgehead atoms. The smallest absolute Gasteiger partial charge is 0.186 e. The maximum Gasteiger partial charge on any atom is 0.186 e. The van der Waals surface area contributed by atoms with E-state index in [1.807, 2.05) is 5.43 Å². The van der Waals surface area contributed by atoms with Crippen molar-refractivity contribution in [1.29, 1.82) is 0 Å². The number of rotatable bonds is 3. The summed E-state index contributed by atoms with van der Waals surface area (Å²) in [5, 5.41) is 3.55. The van der Waals surface area contributed by atoms with Crippen LogP contribution in [0.1, 0.15) is 5.56 Å². The summed E-state index contributed by atoms with van der Waals surface area (Å²) in [4.78, 5) is 0. The number of anilines is 1. The van der Waals surface area contributed by atoms with Gasteiger partial charge in [-0.3, -0.25) is 5.43 Å². The standard InChI is InChI=1S/C13H7BrF4N2/c14-8-3-1-2-7(4-8)6-19-20-13-11(17)9(15)5-10(16)12(13)18/h1-6,20H/b19-6+. The van der Waals surface area contributed by atoms with Crippen LogP contribution in [0, 0.1) is 23.3 Å². The number of benzene rings is 2. The summed E-state index contributed by atoms with van der Waals surface area (Å²) in [6.45, 7) is 0. The molecule has 2 aromatic carbocycles. The van der Waals surface area contributed by atoms with Crippen LogP contribution in [0.15, 0.2) is 39.9 Å². The third-order valence-electron chi connectivity index (χ3n) is 2.35. The quantitative estimate of drug-likeness (QED) is 0.377. The Hall–Kier alpha value is -1.89. The molecule has 2 rings (SSSR count). The molecule has 0 unspecified atom stereocenters. The average Bonchev–Trinajstić information content (AvgIpc) is 2.40. The minimum Gasteiger partial charge on any atom is -0.272 e. The zero-order chi connectivity index (χ0) is 14.7. The van der Waals surface area contributed by atoms with Crippen molar-refractivity contribution >= 4 is 27.8 Å². The summed E-state index contributed by atoms with van der Waals surface area (Å²) in [5.74, 6) is -6.06. The molecule has 0 heterocycles. The third-order valence-corrected chi connectivity index (χ3v) is 2.84. The van der Waals surface area contributed by atoms with E-state index in [2.05, 4.69) is 21.0 Å². The Labute approximate surface area is 120 Å². The van der Waals surface area contributed by atoms with Crippen molar-refractivity contribution in [3.63, 3.8) is 0 Å². The summed E-state index contributed by atoms with van der Waals surface area (Å²) < 4.78 is 53.3. The van der Waals surface area contributed by atoms with E-state index in [0.29, 0.717) is 5.56 Å². The van der Waals surface area contributed by atoms with Crippen LogP contribution in [-0.4, -0.2) is 6.21 Å². The van der Waals surface area contributed by atoms with E-state index >= 15 is 0 Å². The van der Waals surface area contributed by atoms with Gasteiger partial charge in [0.05, 0.1) is 6.21 Å². The second-order valence-corrected chi connectivity index (χ2v) is 4.68. The van der Waals surface area contributed by atoms with Gasteiger partial charge in [0, 0.05) is 10.5 Å². The van der Waals surface area contributed by atoms with Gasteiger partial charge in [-0.1, -0.05) is 28.1 Å². The SMILES string of the molecule is Fc1cc(F)c(F)c(N/N=C/c2cccc(Br)c2)c1F. The molecule has 0 spiro atoms. The molecule has 0 saturated carbocycles. The summed E-state index contributed by atoms with van der Waals surface area (Å²) in [6, 6.07) is 7.03. The van der Waals surface area contributed by atoms with Crippen LogP contribution >= 0.6 is 15.9 Å². The second kappa shape index (κ2) is 6.04. The van der Waals surface area contributed by atoms with Gasteiger partial charge in [-0.05, 0) is 17.7 Å². The third kappa shape index (κ3) is 3.16. The van der Waals surface area contributed by atoms with Crippen LogP contribution in [0.5, 0.6) is 0 Å². The van der Waals surface area contributed by atoms with E-state index in [9.17, 15) is 17.6 Å². The molecule has 104 valence electrons. The zero-order valence-corrected chi connectivity index (χ0v) is 11.4. The highest BCUT2D eigenvalue weighted by Gasteiger charge is 2.18. The minimum absolute atomic E-state index is 0.133. The van der Waals surface area contributed by atoms with Gasteiger partial charge >= 0.3 is 0 Å². The summed E-state index contributed by atoms with van der Waals surface area (Å²) in [7, 11) is 0. The lowest BCUT2D eigenvalue weighted by Crippen LogP contribution is -2.02. The van der Waals surface area contributed by atoms with Crippen LogP contribution in [-0.2, 0) is 0 Å². The number of hydrazone groups is 1. The lowest BCUT2D eigenvalue weighted by atomic mass is 10.2. The Bertz CT molecular complexity index is 647. The molecule has 0 aliphatic carbocycles.